The largest absolute Gasteiger partial charge is 0.378 e. The summed E-state index contributed by atoms with van der Waals surface area (Å²) in [6.45, 7) is 7.73. The van der Waals surface area contributed by atoms with Gasteiger partial charge in [-0.05, 0) is 24.9 Å². The summed E-state index contributed by atoms with van der Waals surface area (Å²) in [6.07, 6.45) is 0. The van der Waals surface area contributed by atoms with Crippen molar-refractivity contribution in [2.24, 2.45) is 12.0 Å². The third-order valence-corrected chi connectivity index (χ3v) is 4.22. The van der Waals surface area contributed by atoms with Crippen molar-refractivity contribution in [3.63, 3.8) is 0 Å². The van der Waals surface area contributed by atoms with E-state index in [2.05, 4.69) is 50.5 Å². The highest BCUT2D eigenvalue weighted by atomic mass is 16.5. The number of anilines is 3. The van der Waals surface area contributed by atoms with Crippen LogP contribution in [0.4, 0.5) is 22.9 Å². The van der Waals surface area contributed by atoms with Gasteiger partial charge in [0.1, 0.15) is 5.82 Å². The number of rotatable bonds is 6. The van der Waals surface area contributed by atoms with E-state index >= 15 is 0 Å². The molecule has 0 atom stereocenters. The van der Waals surface area contributed by atoms with E-state index in [-0.39, 0.29) is 0 Å². The van der Waals surface area contributed by atoms with Crippen LogP contribution in [0.3, 0.4) is 0 Å². The zero-order valence-corrected chi connectivity index (χ0v) is 14.2. The van der Waals surface area contributed by atoms with E-state index in [1.807, 2.05) is 24.8 Å². The van der Waals surface area contributed by atoms with Gasteiger partial charge in [0.05, 0.1) is 36.8 Å². The van der Waals surface area contributed by atoms with Gasteiger partial charge in [-0.3, -0.25) is 9.67 Å². The first-order chi connectivity index (χ1) is 11.7. The summed E-state index contributed by atoms with van der Waals surface area (Å²) in [5, 5.41) is 10.8. The van der Waals surface area contributed by atoms with Gasteiger partial charge in [-0.2, -0.15) is 5.10 Å². The average molecular weight is 328 g/mol. The summed E-state index contributed by atoms with van der Waals surface area (Å²) >= 11 is 0. The van der Waals surface area contributed by atoms with Crippen molar-refractivity contribution in [3.05, 3.63) is 30.0 Å². The minimum Gasteiger partial charge on any atom is -0.378 e. The molecule has 0 aliphatic carbocycles. The van der Waals surface area contributed by atoms with Crippen LogP contribution in [0.15, 0.2) is 29.3 Å². The van der Waals surface area contributed by atoms with E-state index < -0.39 is 0 Å². The fourth-order valence-electron chi connectivity index (χ4n) is 2.80. The first-order valence-electron chi connectivity index (χ1n) is 8.09. The van der Waals surface area contributed by atoms with Gasteiger partial charge in [0, 0.05) is 38.9 Å². The summed E-state index contributed by atoms with van der Waals surface area (Å²) in [4.78, 5) is 6.48. The van der Waals surface area contributed by atoms with E-state index in [9.17, 15) is 0 Å². The Labute approximate surface area is 142 Å². The zero-order valence-electron chi connectivity index (χ0n) is 14.2. The summed E-state index contributed by atoms with van der Waals surface area (Å²) in [7, 11) is 3.80. The average Bonchev–Trinajstić information content (AvgIpc) is 3.00. The molecule has 3 rings (SSSR count). The lowest BCUT2D eigenvalue weighted by Gasteiger charge is -2.29. The minimum absolute atomic E-state index is 0.671. The lowest BCUT2D eigenvalue weighted by atomic mass is 10.2. The Morgan fingerprint density at radius 1 is 1.29 bits per heavy atom. The van der Waals surface area contributed by atoms with E-state index in [1.54, 1.807) is 0 Å². The van der Waals surface area contributed by atoms with Crippen LogP contribution in [0.5, 0.6) is 0 Å². The Kier molecular flexibility index (Phi) is 5.00. The maximum absolute atomic E-state index is 5.41. The second-order valence-electron chi connectivity index (χ2n) is 5.71. The number of aliphatic imine (C=N–C) groups is 1. The second kappa shape index (κ2) is 7.35. The van der Waals surface area contributed by atoms with Gasteiger partial charge < -0.3 is 20.3 Å². The van der Waals surface area contributed by atoms with Crippen LogP contribution in [0.25, 0.3) is 0 Å². The number of aryl methyl sites for hydroxylation is 1. The number of nitrogens with zero attached hydrogens (tertiary/aromatic N) is 4. The molecule has 0 radical (unpaired) electrons. The molecular weight excluding hydrogens is 304 g/mol. The van der Waals surface area contributed by atoms with Crippen LogP contribution in [-0.4, -0.2) is 49.8 Å². The maximum Gasteiger partial charge on any atom is 0.148 e. The predicted molar refractivity (Wildman–Crippen MR) is 98.8 cm³/mol. The number of aromatic nitrogens is 2. The summed E-state index contributed by atoms with van der Waals surface area (Å²) < 4.78 is 7.27. The highest BCUT2D eigenvalue weighted by molar-refractivity contribution is 5.73. The summed E-state index contributed by atoms with van der Waals surface area (Å²) in [6, 6.07) is 8.27. The number of hydrogen-bond acceptors (Lipinski definition) is 6. The van der Waals surface area contributed by atoms with Crippen LogP contribution >= 0.6 is 0 Å². The third kappa shape index (κ3) is 3.51. The molecular formula is C17H24N6O. The molecule has 7 heteroatoms. The van der Waals surface area contributed by atoms with Crippen molar-refractivity contribution < 1.29 is 4.74 Å². The molecule has 1 aromatic carbocycles. The highest BCUT2D eigenvalue weighted by Crippen LogP contribution is 2.30. The van der Waals surface area contributed by atoms with Crippen molar-refractivity contribution in [2.45, 2.75) is 6.54 Å². The molecule has 1 aliphatic rings. The Hall–Kier alpha value is -2.54. The van der Waals surface area contributed by atoms with Gasteiger partial charge in [-0.15, -0.1) is 0 Å². The lowest BCUT2D eigenvalue weighted by molar-refractivity contribution is 0.122. The SMILES string of the molecule is C=Nc1cc(N2CCOCC2)ccc1NCc1cc(NC)nn1C. The van der Waals surface area contributed by atoms with E-state index in [4.69, 9.17) is 4.74 Å². The topological polar surface area (TPSA) is 66.7 Å². The van der Waals surface area contributed by atoms with Crippen LogP contribution in [0.1, 0.15) is 5.69 Å². The maximum atomic E-state index is 5.41. The fraction of sp³-hybridized carbons (Fsp3) is 0.412. The molecule has 7 nitrogen and oxygen atoms in total. The quantitative estimate of drug-likeness (QED) is 0.796. The number of benzene rings is 1. The van der Waals surface area contributed by atoms with Crippen molar-refractivity contribution >= 4 is 29.6 Å². The minimum atomic E-state index is 0.671. The molecule has 2 aromatic rings. The summed E-state index contributed by atoms with van der Waals surface area (Å²) in [5.74, 6) is 0.860. The number of ether oxygens (including phenoxy) is 1. The molecule has 0 spiro atoms. The molecule has 0 unspecified atom stereocenters. The molecule has 24 heavy (non-hydrogen) atoms. The number of nitrogens with one attached hydrogen (secondary N) is 2. The standard InChI is InChI=1S/C17H24N6O/c1-18-16-10-13(23-6-8-24-9-7-23)4-5-15(16)20-12-14-11-17(19-2)21-22(14)3/h4-5,10-11,20H,1,6-9,12H2,2-3H3,(H,19,21). The van der Waals surface area contributed by atoms with Gasteiger partial charge in [0.2, 0.25) is 0 Å². The van der Waals surface area contributed by atoms with Crippen molar-refractivity contribution in [3.8, 4) is 0 Å². The summed E-state index contributed by atoms with van der Waals surface area (Å²) in [5.41, 5.74) is 4.07. The Bertz CT molecular complexity index is 705. The molecule has 0 bridgehead atoms. The Morgan fingerprint density at radius 2 is 2.08 bits per heavy atom. The monoisotopic (exact) mass is 328 g/mol. The van der Waals surface area contributed by atoms with Crippen LogP contribution in [-0.2, 0) is 18.3 Å². The Balaban J connectivity index is 1.72. The molecule has 1 fully saturated rings. The van der Waals surface area contributed by atoms with E-state index in [1.165, 1.54) is 0 Å². The van der Waals surface area contributed by atoms with E-state index in [0.29, 0.717) is 6.54 Å². The van der Waals surface area contributed by atoms with Crippen LogP contribution in [0, 0.1) is 0 Å². The van der Waals surface area contributed by atoms with Gasteiger partial charge in [-0.25, -0.2) is 0 Å². The van der Waals surface area contributed by atoms with Crippen molar-refractivity contribution in [1.82, 2.24) is 9.78 Å². The molecule has 1 aromatic heterocycles. The zero-order chi connectivity index (χ0) is 16.9. The van der Waals surface area contributed by atoms with E-state index in [0.717, 1.165) is 54.9 Å². The van der Waals surface area contributed by atoms with Gasteiger partial charge in [0.25, 0.3) is 0 Å². The van der Waals surface area contributed by atoms with Gasteiger partial charge in [0.15, 0.2) is 0 Å². The molecule has 1 saturated heterocycles. The lowest BCUT2D eigenvalue weighted by Crippen LogP contribution is -2.36. The Morgan fingerprint density at radius 3 is 2.75 bits per heavy atom. The first-order valence-corrected chi connectivity index (χ1v) is 8.09. The van der Waals surface area contributed by atoms with Gasteiger partial charge >= 0.3 is 0 Å². The van der Waals surface area contributed by atoms with Gasteiger partial charge in [-0.1, -0.05) is 0 Å². The number of morpholine rings is 1. The molecule has 1 aliphatic heterocycles. The van der Waals surface area contributed by atoms with Crippen molar-refractivity contribution in [2.75, 3.05) is 48.9 Å². The van der Waals surface area contributed by atoms with Crippen LogP contribution in [0.2, 0.25) is 0 Å². The first kappa shape index (κ1) is 16.3. The highest BCUT2D eigenvalue weighted by Gasteiger charge is 2.13. The molecule has 0 amide bonds. The number of hydrogen-bond donors (Lipinski definition) is 2. The predicted octanol–water partition coefficient (Wildman–Crippen LogP) is 2.24. The molecule has 128 valence electrons. The molecule has 2 N–H and O–H groups in total. The van der Waals surface area contributed by atoms with Crippen molar-refractivity contribution in [1.29, 1.82) is 0 Å². The molecule has 0 saturated carbocycles. The second-order valence-corrected chi connectivity index (χ2v) is 5.71. The smallest absolute Gasteiger partial charge is 0.148 e. The normalized spacial score (nSPS) is 14.5. The molecule has 2 heterocycles. The third-order valence-electron chi connectivity index (χ3n) is 4.22. The fourth-order valence-corrected chi connectivity index (χ4v) is 2.80. The van der Waals surface area contributed by atoms with Crippen LogP contribution < -0.4 is 15.5 Å².